The van der Waals surface area contributed by atoms with Crippen molar-refractivity contribution in [3.8, 4) is 11.8 Å². The molecule has 0 saturated carbocycles. The summed E-state index contributed by atoms with van der Waals surface area (Å²) in [7, 11) is 0. The summed E-state index contributed by atoms with van der Waals surface area (Å²) in [4.78, 5) is 21.6. The van der Waals surface area contributed by atoms with E-state index < -0.39 is 42.1 Å². The van der Waals surface area contributed by atoms with Crippen LogP contribution in [-0.4, -0.2) is 71.9 Å². The van der Waals surface area contributed by atoms with Gasteiger partial charge < -0.3 is 14.8 Å². The molecule has 3 heterocycles. The number of hydrogen-bond acceptors (Lipinski definition) is 6. The van der Waals surface area contributed by atoms with Gasteiger partial charge in [0.25, 0.3) is 18.0 Å². The zero-order valence-electron chi connectivity index (χ0n) is 18.9. The van der Waals surface area contributed by atoms with Crippen LogP contribution in [-0.2, 0) is 0 Å². The van der Waals surface area contributed by atoms with Crippen LogP contribution in [0, 0.1) is 5.82 Å². The zero-order chi connectivity index (χ0) is 26.2. The van der Waals surface area contributed by atoms with Crippen molar-refractivity contribution in [3.05, 3.63) is 37.3 Å². The first-order valence-corrected chi connectivity index (χ1v) is 12.7. The molecule has 2 fully saturated rings. The predicted molar refractivity (Wildman–Crippen MR) is 132 cm³/mol. The summed E-state index contributed by atoms with van der Waals surface area (Å²) in [6.07, 6.45) is -1.65. The van der Waals surface area contributed by atoms with E-state index in [-0.39, 0.29) is 50.4 Å². The second-order valence-electron chi connectivity index (χ2n) is 8.84. The van der Waals surface area contributed by atoms with Crippen LogP contribution in [0.15, 0.2) is 20.9 Å². The number of aromatic amines is 1. The summed E-state index contributed by atoms with van der Waals surface area (Å²) in [6.45, 7) is 3.68. The summed E-state index contributed by atoms with van der Waals surface area (Å²) < 4.78 is 65.5. The van der Waals surface area contributed by atoms with Gasteiger partial charge in [-0.05, 0) is 35.3 Å². The molecule has 0 spiro atoms. The Morgan fingerprint density at radius 3 is 2.86 bits per heavy atom. The second-order valence-corrected chi connectivity index (χ2v) is 10.5. The molecule has 0 aliphatic carbocycles. The van der Waals surface area contributed by atoms with Crippen molar-refractivity contribution in [1.29, 1.82) is 0 Å². The normalized spacial score (nSPS) is 22.8. The van der Waals surface area contributed by atoms with Gasteiger partial charge in [0, 0.05) is 18.0 Å². The van der Waals surface area contributed by atoms with Gasteiger partial charge in [-0.3, -0.25) is 14.7 Å². The minimum atomic E-state index is -2.64. The minimum Gasteiger partial charge on any atom is -0.489 e. The van der Waals surface area contributed by atoms with Crippen molar-refractivity contribution in [2.75, 3.05) is 32.8 Å². The van der Waals surface area contributed by atoms with E-state index in [1.807, 2.05) is 4.90 Å². The molecular weight excluding hydrogens is 595 g/mol. The molecule has 4 rings (SSSR count). The van der Waals surface area contributed by atoms with Gasteiger partial charge in [-0.15, -0.1) is 0 Å². The van der Waals surface area contributed by atoms with Gasteiger partial charge in [0.15, 0.2) is 11.6 Å². The van der Waals surface area contributed by atoms with E-state index in [1.54, 1.807) is 0 Å². The van der Waals surface area contributed by atoms with Crippen molar-refractivity contribution >= 4 is 50.0 Å². The van der Waals surface area contributed by atoms with E-state index in [0.29, 0.717) is 13.0 Å². The number of nitrogens with one attached hydrogen (secondary N) is 2. The molecule has 2 aromatic rings. The molecule has 1 aromatic carbocycles. The maximum absolute atomic E-state index is 15.1. The fourth-order valence-electron chi connectivity index (χ4n) is 4.75. The lowest BCUT2D eigenvalue weighted by Gasteiger charge is -2.30. The van der Waals surface area contributed by atoms with Crippen LogP contribution in [0.2, 0.25) is 5.02 Å². The molecule has 2 aliphatic rings. The fourth-order valence-corrected chi connectivity index (χ4v) is 5.49. The average Bonchev–Trinajstić information content (AvgIpc) is 3.33. The quantitative estimate of drug-likeness (QED) is 0.295. The Balaban J connectivity index is 1.62. The molecule has 36 heavy (non-hydrogen) atoms. The van der Waals surface area contributed by atoms with Crippen LogP contribution in [0.4, 0.5) is 17.6 Å². The maximum Gasteiger partial charge on any atom is 0.297 e. The monoisotopic (exact) mass is 616 g/mol. The third kappa shape index (κ3) is 5.47. The SMILES string of the molecule is C=C(Cl)C(COc1c(Cl)c(Br)c(F)c2nc(OC[C@@]34CCCN3C[C@H](F)C4)[nH]c(=O)c12)NCC(F)F. The number of ether oxygens (including phenoxy) is 2. The molecule has 2 N–H and O–H groups in total. The number of aromatic nitrogens is 2. The number of rotatable bonds is 10. The van der Waals surface area contributed by atoms with E-state index in [2.05, 4.69) is 37.8 Å². The standard InChI is InChI=1S/C22H23BrCl2F4N4O3/c1-10(24)12(30-6-13(27)28)8-35-19-14-18(17(29)15(23)16(19)25)31-21(32-20(14)34)36-9-22-3-2-4-33(22)7-11(26)5-22/h11-13,30H,1-9H2,(H,31,32,34)/t11-,12?,22+/m1/s1. The third-order valence-corrected chi connectivity index (χ3v) is 8.04. The largest absolute Gasteiger partial charge is 0.489 e. The van der Waals surface area contributed by atoms with Gasteiger partial charge >= 0.3 is 0 Å². The van der Waals surface area contributed by atoms with Crippen LogP contribution in [0.3, 0.4) is 0 Å². The molecule has 7 nitrogen and oxygen atoms in total. The van der Waals surface area contributed by atoms with Crippen LogP contribution in [0.5, 0.6) is 11.8 Å². The number of H-pyrrole nitrogens is 1. The van der Waals surface area contributed by atoms with Crippen molar-refractivity contribution < 1.29 is 27.0 Å². The van der Waals surface area contributed by atoms with Crippen molar-refractivity contribution in [2.45, 2.75) is 43.4 Å². The van der Waals surface area contributed by atoms with E-state index in [1.165, 1.54) is 0 Å². The predicted octanol–water partition coefficient (Wildman–Crippen LogP) is 4.79. The van der Waals surface area contributed by atoms with Crippen molar-refractivity contribution in [2.24, 2.45) is 0 Å². The lowest BCUT2D eigenvalue weighted by molar-refractivity contribution is 0.107. The average molecular weight is 618 g/mol. The molecule has 0 radical (unpaired) electrons. The maximum atomic E-state index is 15.1. The summed E-state index contributed by atoms with van der Waals surface area (Å²) in [5, 5.41) is 1.92. The van der Waals surface area contributed by atoms with Gasteiger partial charge in [0.2, 0.25) is 0 Å². The number of benzene rings is 1. The molecular formula is C22H23BrCl2F4N4O3. The Morgan fingerprint density at radius 1 is 1.42 bits per heavy atom. The highest BCUT2D eigenvalue weighted by Crippen LogP contribution is 2.42. The van der Waals surface area contributed by atoms with Gasteiger partial charge in [-0.1, -0.05) is 29.8 Å². The molecule has 2 saturated heterocycles. The topological polar surface area (TPSA) is 79.5 Å². The van der Waals surface area contributed by atoms with Gasteiger partial charge in [-0.25, -0.2) is 17.6 Å². The third-order valence-electron chi connectivity index (χ3n) is 6.45. The number of hydrogen-bond donors (Lipinski definition) is 2. The zero-order valence-corrected chi connectivity index (χ0v) is 22.0. The summed E-state index contributed by atoms with van der Waals surface area (Å²) in [6, 6.07) is -1.15. The molecule has 14 heteroatoms. The first-order valence-electron chi connectivity index (χ1n) is 11.1. The molecule has 2 aliphatic heterocycles. The Kier molecular flexibility index (Phi) is 8.40. The Hall–Kier alpha value is -1.60. The van der Waals surface area contributed by atoms with Crippen molar-refractivity contribution in [3.63, 3.8) is 0 Å². The van der Waals surface area contributed by atoms with E-state index in [0.717, 1.165) is 19.4 Å². The van der Waals surface area contributed by atoms with Gasteiger partial charge in [0.05, 0.1) is 22.6 Å². The molecule has 3 atom stereocenters. The van der Waals surface area contributed by atoms with Gasteiger partial charge in [0.1, 0.15) is 35.3 Å². The Morgan fingerprint density at radius 2 is 2.17 bits per heavy atom. The number of fused-ring (bicyclic) bond motifs is 2. The number of halogens is 7. The summed E-state index contributed by atoms with van der Waals surface area (Å²) >= 11 is 15.2. The first-order chi connectivity index (χ1) is 17.0. The Labute approximate surface area is 222 Å². The fraction of sp³-hybridized carbons (Fsp3) is 0.545. The highest BCUT2D eigenvalue weighted by Gasteiger charge is 2.49. The molecule has 0 amide bonds. The van der Waals surface area contributed by atoms with Crippen LogP contribution >= 0.6 is 39.1 Å². The van der Waals surface area contributed by atoms with Crippen LogP contribution in [0.1, 0.15) is 19.3 Å². The lowest BCUT2D eigenvalue weighted by Crippen LogP contribution is -2.43. The molecule has 1 unspecified atom stereocenters. The Bertz CT molecular complexity index is 1220. The molecule has 198 valence electrons. The highest BCUT2D eigenvalue weighted by molar-refractivity contribution is 9.10. The van der Waals surface area contributed by atoms with E-state index >= 15 is 4.39 Å². The van der Waals surface area contributed by atoms with Crippen molar-refractivity contribution in [1.82, 2.24) is 20.2 Å². The smallest absolute Gasteiger partial charge is 0.297 e. The molecule has 0 bridgehead atoms. The number of alkyl halides is 3. The van der Waals surface area contributed by atoms with Crippen LogP contribution in [0.25, 0.3) is 10.9 Å². The summed E-state index contributed by atoms with van der Waals surface area (Å²) in [5.74, 6) is -1.14. The summed E-state index contributed by atoms with van der Waals surface area (Å²) in [5.41, 5.74) is -1.67. The number of nitrogens with zero attached hydrogens (tertiary/aromatic N) is 2. The first kappa shape index (κ1) is 27.4. The lowest BCUT2D eigenvalue weighted by atomic mass is 9.95. The van der Waals surface area contributed by atoms with Gasteiger partial charge in [-0.2, -0.15) is 4.98 Å². The molecule has 1 aromatic heterocycles. The van der Waals surface area contributed by atoms with E-state index in [9.17, 15) is 18.0 Å². The van der Waals surface area contributed by atoms with Crippen LogP contribution < -0.4 is 20.3 Å². The highest BCUT2D eigenvalue weighted by atomic mass is 79.9. The second kappa shape index (κ2) is 11.0. The van der Waals surface area contributed by atoms with E-state index in [4.69, 9.17) is 32.7 Å². The minimum absolute atomic E-state index is 0.0114.